The van der Waals surface area contributed by atoms with Gasteiger partial charge in [-0.15, -0.1) is 0 Å². The van der Waals surface area contributed by atoms with Crippen molar-refractivity contribution in [2.75, 3.05) is 0 Å². The number of phenolic OH excluding ortho intramolecular Hbond substituents is 1. The molecule has 0 bridgehead atoms. The summed E-state index contributed by atoms with van der Waals surface area (Å²) in [5, 5.41) is 32.3. The molecule has 174 valence electrons. The molecule has 9 nitrogen and oxygen atoms in total. The summed E-state index contributed by atoms with van der Waals surface area (Å²) < 4.78 is 34.1. The molecule has 0 radical (unpaired) electrons. The number of carboxylic acid groups (broad SMARTS) is 1. The maximum Gasteiger partial charge on any atom is 0.404 e. The number of hydrogen-bond acceptors (Lipinski definition) is 6. The molecule has 1 amide bonds. The smallest absolute Gasteiger partial charge is 0.404 e. The summed E-state index contributed by atoms with van der Waals surface area (Å²) in [5.41, 5.74) is 0.765. The molecule has 2 aromatic carbocycles. The van der Waals surface area contributed by atoms with Gasteiger partial charge in [0.25, 0.3) is 0 Å². The second-order valence-corrected chi connectivity index (χ2v) is 9.53. The number of nitrogens with one attached hydrogen (secondary N) is 2. The lowest BCUT2D eigenvalue weighted by molar-refractivity contribution is -0.0896. The molecule has 10 heteroatoms. The van der Waals surface area contributed by atoms with Gasteiger partial charge in [0, 0.05) is 0 Å². The number of aliphatic hydroxyl groups excluding tert-OH is 1. The van der Waals surface area contributed by atoms with Crippen LogP contribution in [-0.4, -0.2) is 54.3 Å². The predicted molar refractivity (Wildman–Crippen MR) is 117 cm³/mol. The van der Waals surface area contributed by atoms with E-state index in [4.69, 9.17) is 4.74 Å². The van der Waals surface area contributed by atoms with Gasteiger partial charge in [-0.1, -0.05) is 49.2 Å². The Morgan fingerprint density at radius 2 is 1.78 bits per heavy atom. The minimum atomic E-state index is -4.17. The van der Waals surface area contributed by atoms with Gasteiger partial charge in [0.1, 0.15) is 18.1 Å². The highest BCUT2D eigenvalue weighted by Crippen LogP contribution is 2.25. The van der Waals surface area contributed by atoms with Gasteiger partial charge < -0.3 is 25.4 Å². The van der Waals surface area contributed by atoms with Crippen molar-refractivity contribution in [3.05, 3.63) is 60.2 Å². The van der Waals surface area contributed by atoms with Crippen molar-refractivity contribution in [3.8, 4) is 5.75 Å². The lowest BCUT2D eigenvalue weighted by atomic mass is 10.0. The Morgan fingerprint density at radius 1 is 1.09 bits per heavy atom. The van der Waals surface area contributed by atoms with Crippen LogP contribution in [-0.2, 0) is 21.2 Å². The number of rotatable bonds is 10. The number of aromatic hydroxyl groups is 1. The van der Waals surface area contributed by atoms with Gasteiger partial charge in [0.05, 0.1) is 17.0 Å². The fourth-order valence-electron chi connectivity index (χ4n) is 3.78. The zero-order valence-corrected chi connectivity index (χ0v) is 18.2. The van der Waals surface area contributed by atoms with Crippen molar-refractivity contribution in [1.29, 1.82) is 0 Å². The Labute approximate surface area is 187 Å². The summed E-state index contributed by atoms with van der Waals surface area (Å²) in [6.07, 6.45) is -1.11. The van der Waals surface area contributed by atoms with E-state index in [1.165, 1.54) is 18.2 Å². The molecule has 0 aliphatic heterocycles. The Kier molecular flexibility index (Phi) is 8.08. The third kappa shape index (κ3) is 6.67. The minimum Gasteiger partial charge on any atom is -0.508 e. The van der Waals surface area contributed by atoms with Gasteiger partial charge in [-0.3, -0.25) is 0 Å². The van der Waals surface area contributed by atoms with Crippen LogP contribution >= 0.6 is 0 Å². The van der Waals surface area contributed by atoms with Crippen LogP contribution in [0.2, 0.25) is 0 Å². The first-order chi connectivity index (χ1) is 15.2. The van der Waals surface area contributed by atoms with Crippen molar-refractivity contribution in [1.82, 2.24) is 10.0 Å². The van der Waals surface area contributed by atoms with Gasteiger partial charge in [-0.25, -0.2) is 13.2 Å². The molecule has 1 fully saturated rings. The van der Waals surface area contributed by atoms with Crippen molar-refractivity contribution >= 4 is 16.1 Å². The van der Waals surface area contributed by atoms with E-state index in [1.807, 2.05) is 6.07 Å². The molecule has 0 aromatic heterocycles. The van der Waals surface area contributed by atoms with Crippen LogP contribution in [0.4, 0.5) is 4.79 Å². The molecule has 1 aliphatic carbocycles. The molecular formula is C22H28N2O7S. The molecule has 32 heavy (non-hydrogen) atoms. The minimum absolute atomic E-state index is 0.132. The predicted octanol–water partition coefficient (Wildman–Crippen LogP) is 2.20. The van der Waals surface area contributed by atoms with Crippen LogP contribution in [0, 0.1) is 0 Å². The maximum atomic E-state index is 12.9. The van der Waals surface area contributed by atoms with Crippen molar-refractivity contribution in [2.45, 2.75) is 61.5 Å². The Balaban J connectivity index is 1.86. The van der Waals surface area contributed by atoms with Crippen LogP contribution in [0.3, 0.4) is 0 Å². The van der Waals surface area contributed by atoms with Crippen LogP contribution in [0.5, 0.6) is 5.75 Å². The number of hydrogen-bond donors (Lipinski definition) is 5. The van der Waals surface area contributed by atoms with Crippen molar-refractivity contribution in [2.24, 2.45) is 0 Å². The van der Waals surface area contributed by atoms with E-state index in [9.17, 15) is 28.5 Å². The number of phenols is 1. The standard InChI is InChI=1S/C22H28N2O7S/c25-16-9-6-12-18(14-16)32(29,30)24-21(31-17-10-4-5-11-17)20(26)19(23-22(27)28)13-15-7-2-1-3-8-15/h1-3,6-9,12,14,17,19-21,23-26H,4-5,10-11,13H2,(H,27,28)/t19-,20+,21?/m0/s1. The number of sulfonamides is 1. The van der Waals surface area contributed by atoms with E-state index in [1.54, 1.807) is 24.3 Å². The molecule has 1 unspecified atom stereocenters. The molecule has 1 aliphatic rings. The number of carbonyl (C=O) groups is 1. The number of benzene rings is 2. The molecule has 1 saturated carbocycles. The summed E-state index contributed by atoms with van der Waals surface area (Å²) in [5.74, 6) is -0.226. The van der Waals surface area contributed by atoms with Crippen molar-refractivity contribution < 1.29 is 33.3 Å². The number of amides is 1. The highest BCUT2D eigenvalue weighted by molar-refractivity contribution is 7.89. The molecule has 0 spiro atoms. The average molecular weight is 465 g/mol. The zero-order chi connectivity index (χ0) is 23.1. The number of aliphatic hydroxyl groups is 1. The second kappa shape index (κ2) is 10.8. The fraction of sp³-hybridized carbons (Fsp3) is 0.409. The highest BCUT2D eigenvalue weighted by atomic mass is 32.2. The Bertz CT molecular complexity index is 994. The van der Waals surface area contributed by atoms with Crippen LogP contribution in [0.1, 0.15) is 31.2 Å². The second-order valence-electron chi connectivity index (χ2n) is 7.82. The largest absolute Gasteiger partial charge is 0.508 e. The molecule has 0 heterocycles. The number of ether oxygens (including phenoxy) is 1. The topological polar surface area (TPSA) is 145 Å². The molecule has 3 rings (SSSR count). The quantitative estimate of drug-likeness (QED) is 0.339. The van der Waals surface area contributed by atoms with Crippen LogP contribution in [0.15, 0.2) is 59.5 Å². The van der Waals surface area contributed by atoms with E-state index < -0.39 is 34.5 Å². The van der Waals surface area contributed by atoms with E-state index >= 15 is 0 Å². The third-order valence-electron chi connectivity index (χ3n) is 5.37. The monoisotopic (exact) mass is 464 g/mol. The van der Waals surface area contributed by atoms with Gasteiger partial charge in [-0.2, -0.15) is 4.72 Å². The van der Waals surface area contributed by atoms with Crippen LogP contribution < -0.4 is 10.0 Å². The molecule has 2 aromatic rings. The summed E-state index contributed by atoms with van der Waals surface area (Å²) in [4.78, 5) is 11.2. The van der Waals surface area contributed by atoms with E-state index in [0.717, 1.165) is 24.5 Å². The van der Waals surface area contributed by atoms with E-state index in [0.29, 0.717) is 12.8 Å². The molecule has 3 atom stereocenters. The summed E-state index contributed by atoms with van der Waals surface area (Å²) in [6.45, 7) is 0. The third-order valence-corrected chi connectivity index (χ3v) is 6.79. The average Bonchev–Trinajstić information content (AvgIpc) is 3.26. The van der Waals surface area contributed by atoms with Crippen molar-refractivity contribution in [3.63, 3.8) is 0 Å². The summed E-state index contributed by atoms with van der Waals surface area (Å²) in [7, 11) is -4.17. The Morgan fingerprint density at radius 3 is 2.41 bits per heavy atom. The molecule has 0 saturated heterocycles. The van der Waals surface area contributed by atoms with Gasteiger partial charge in [-0.05, 0) is 43.0 Å². The first kappa shape index (κ1) is 24.0. The summed E-state index contributed by atoms with van der Waals surface area (Å²) in [6, 6.07) is 13.0. The normalized spacial score (nSPS) is 17.5. The highest BCUT2D eigenvalue weighted by Gasteiger charge is 2.35. The lowest BCUT2D eigenvalue weighted by Gasteiger charge is -2.32. The van der Waals surface area contributed by atoms with E-state index in [2.05, 4.69) is 10.0 Å². The maximum absolute atomic E-state index is 12.9. The zero-order valence-electron chi connectivity index (χ0n) is 17.4. The van der Waals surface area contributed by atoms with E-state index in [-0.39, 0.29) is 23.2 Å². The van der Waals surface area contributed by atoms with Crippen LogP contribution in [0.25, 0.3) is 0 Å². The van der Waals surface area contributed by atoms with Gasteiger partial charge >= 0.3 is 6.09 Å². The SMILES string of the molecule is O=C(O)N[C@@H](Cc1ccccc1)[C@@H](O)C(NS(=O)(=O)c1cccc(O)c1)OC1CCCC1. The Hall–Kier alpha value is -2.66. The fourth-order valence-corrected chi connectivity index (χ4v) is 4.95. The lowest BCUT2D eigenvalue weighted by Crippen LogP contribution is -2.56. The first-order valence-corrected chi connectivity index (χ1v) is 11.9. The van der Waals surface area contributed by atoms with Gasteiger partial charge in [0.15, 0.2) is 0 Å². The first-order valence-electron chi connectivity index (χ1n) is 10.4. The van der Waals surface area contributed by atoms with Gasteiger partial charge in [0.2, 0.25) is 10.0 Å². The summed E-state index contributed by atoms with van der Waals surface area (Å²) >= 11 is 0. The molecular weight excluding hydrogens is 436 g/mol. The molecule has 5 N–H and O–H groups in total.